The van der Waals surface area contributed by atoms with Gasteiger partial charge in [-0.15, -0.1) is 10.2 Å². The van der Waals surface area contributed by atoms with Crippen LogP contribution in [0.15, 0.2) is 30.3 Å². The number of hydrogen-bond acceptors (Lipinski definition) is 9. The number of nitrogens with zero attached hydrogens (tertiary/aromatic N) is 6. The van der Waals surface area contributed by atoms with Crippen molar-refractivity contribution in [3.63, 3.8) is 0 Å². The van der Waals surface area contributed by atoms with Crippen LogP contribution in [0.3, 0.4) is 0 Å². The summed E-state index contributed by atoms with van der Waals surface area (Å²) in [4.78, 5) is 22.2. The van der Waals surface area contributed by atoms with Crippen molar-refractivity contribution in [3.8, 4) is 17.0 Å². The number of carbonyl (C=O) groups is 1. The van der Waals surface area contributed by atoms with E-state index in [2.05, 4.69) is 43.2 Å². The van der Waals surface area contributed by atoms with Gasteiger partial charge in [0, 0.05) is 57.4 Å². The number of piperazine rings is 1. The molecule has 2 aromatic rings. The summed E-state index contributed by atoms with van der Waals surface area (Å²) in [6.07, 6.45) is 5.75. The zero-order valence-electron chi connectivity index (χ0n) is 27.0. The summed E-state index contributed by atoms with van der Waals surface area (Å²) >= 11 is 0. The maximum absolute atomic E-state index is 12.4. The molecule has 2 unspecified atom stereocenters. The molecule has 1 amide bonds. The largest absolute Gasteiger partial charge is 0.507 e. The third kappa shape index (κ3) is 7.07. The summed E-state index contributed by atoms with van der Waals surface area (Å²) in [6, 6.07) is 10.4. The highest BCUT2D eigenvalue weighted by atomic mass is 16.6. The molecular weight excluding hydrogens is 554 g/mol. The Labute approximate surface area is 262 Å². The molecule has 0 saturated carbocycles. The number of rotatable bonds is 6. The Bertz CT molecular complexity index is 1290. The average molecular weight is 606 g/mol. The van der Waals surface area contributed by atoms with E-state index >= 15 is 0 Å². The Morgan fingerprint density at radius 1 is 1.05 bits per heavy atom. The molecule has 10 heteroatoms. The topological polar surface area (TPSA) is 97.3 Å². The van der Waals surface area contributed by atoms with Crippen LogP contribution in [0.25, 0.3) is 11.3 Å². The molecule has 1 aromatic carbocycles. The second kappa shape index (κ2) is 13.1. The number of phenols is 1. The first kappa shape index (κ1) is 30.9. The zero-order chi connectivity index (χ0) is 30.8. The minimum atomic E-state index is -0.429. The van der Waals surface area contributed by atoms with Gasteiger partial charge in [-0.1, -0.05) is 19.1 Å². The summed E-state index contributed by atoms with van der Waals surface area (Å²) in [5, 5.41) is 22.8. The minimum absolute atomic E-state index is 0.161. The van der Waals surface area contributed by atoms with Gasteiger partial charge in [0.15, 0.2) is 5.82 Å². The summed E-state index contributed by atoms with van der Waals surface area (Å²) < 4.78 is 5.56. The Morgan fingerprint density at radius 2 is 1.84 bits per heavy atom. The lowest BCUT2D eigenvalue weighted by molar-refractivity contribution is 0.0177. The van der Waals surface area contributed by atoms with Crippen LogP contribution in [0.1, 0.15) is 59.8 Å². The molecular formula is C34H51N7O3. The molecule has 2 N–H and O–H groups in total. The van der Waals surface area contributed by atoms with Gasteiger partial charge < -0.3 is 29.9 Å². The van der Waals surface area contributed by atoms with Gasteiger partial charge >= 0.3 is 6.09 Å². The van der Waals surface area contributed by atoms with Gasteiger partial charge in [0.05, 0.1) is 17.4 Å². The standard InChI is InChI=1S/C34H51N7O3/c1-24-22-38(14-7-8-25-11-16-39(17-12-25)33(43)44-34(2,3)4)15-13-29(24)40-18-19-41-26(23-40)21-35-32-30(41)20-28(36-37-32)27-9-5-6-10-31(27)42/h5-6,9-10,20,24-26,29,42H,7-8,11-19,21-23H2,1-4H3,(H,35,37)/t24?,26-,29?/m0/s1. The van der Waals surface area contributed by atoms with E-state index in [-0.39, 0.29) is 11.8 Å². The Morgan fingerprint density at radius 3 is 2.59 bits per heavy atom. The summed E-state index contributed by atoms with van der Waals surface area (Å²) in [5.74, 6) is 2.43. The maximum atomic E-state index is 12.4. The van der Waals surface area contributed by atoms with Crippen molar-refractivity contribution in [3.05, 3.63) is 30.3 Å². The van der Waals surface area contributed by atoms with Crippen LogP contribution in [-0.2, 0) is 4.74 Å². The number of amides is 1. The molecule has 4 aliphatic heterocycles. The van der Waals surface area contributed by atoms with Gasteiger partial charge in [-0.2, -0.15) is 0 Å². The number of benzene rings is 1. The normalized spacial score (nSPS) is 25.2. The maximum Gasteiger partial charge on any atom is 0.410 e. The fourth-order valence-electron chi connectivity index (χ4n) is 7.73. The molecule has 0 aliphatic carbocycles. The molecule has 0 radical (unpaired) electrons. The van der Waals surface area contributed by atoms with Crippen molar-refractivity contribution < 1.29 is 14.6 Å². The van der Waals surface area contributed by atoms with Crippen LogP contribution >= 0.6 is 0 Å². The van der Waals surface area contributed by atoms with E-state index in [1.165, 1.54) is 38.9 Å². The summed E-state index contributed by atoms with van der Waals surface area (Å²) in [7, 11) is 0. The number of phenolic OH excluding ortho intramolecular Hbond substituents is 1. The smallest absolute Gasteiger partial charge is 0.410 e. The van der Waals surface area contributed by atoms with Crippen molar-refractivity contribution in [2.45, 2.75) is 77.5 Å². The number of likely N-dealkylation sites (tertiary alicyclic amines) is 2. The van der Waals surface area contributed by atoms with Gasteiger partial charge in [-0.25, -0.2) is 4.79 Å². The molecule has 240 valence electrons. The molecule has 0 spiro atoms. The monoisotopic (exact) mass is 605 g/mol. The molecule has 10 nitrogen and oxygen atoms in total. The molecule has 3 saturated heterocycles. The van der Waals surface area contributed by atoms with Crippen LogP contribution in [-0.4, -0.2) is 113 Å². The van der Waals surface area contributed by atoms with Crippen LogP contribution in [0, 0.1) is 11.8 Å². The number of para-hydroxylation sites is 1. The lowest BCUT2D eigenvalue weighted by Crippen LogP contribution is -2.62. The van der Waals surface area contributed by atoms with Crippen molar-refractivity contribution in [2.75, 3.05) is 69.1 Å². The van der Waals surface area contributed by atoms with Crippen molar-refractivity contribution in [1.29, 1.82) is 0 Å². The zero-order valence-corrected chi connectivity index (χ0v) is 27.0. The lowest BCUT2D eigenvalue weighted by atomic mass is 9.89. The van der Waals surface area contributed by atoms with Crippen molar-refractivity contribution in [2.24, 2.45) is 11.8 Å². The summed E-state index contributed by atoms with van der Waals surface area (Å²) in [5.41, 5.74) is 2.08. The van der Waals surface area contributed by atoms with Gasteiger partial charge in [0.1, 0.15) is 11.4 Å². The van der Waals surface area contributed by atoms with E-state index in [9.17, 15) is 9.90 Å². The molecule has 0 bridgehead atoms. The van der Waals surface area contributed by atoms with Gasteiger partial charge in [0.25, 0.3) is 0 Å². The highest BCUT2D eigenvalue weighted by Gasteiger charge is 2.38. The highest BCUT2D eigenvalue weighted by Crippen LogP contribution is 2.37. The number of anilines is 2. The third-order valence-corrected chi connectivity index (χ3v) is 10.0. The lowest BCUT2D eigenvalue weighted by Gasteiger charge is -2.50. The fraction of sp³-hybridized carbons (Fsp3) is 0.676. The van der Waals surface area contributed by atoms with Gasteiger partial charge in [0.2, 0.25) is 0 Å². The Kier molecular flexibility index (Phi) is 9.19. The number of ether oxygens (including phenoxy) is 1. The number of aromatic hydroxyl groups is 1. The van der Waals surface area contributed by atoms with E-state index in [0.29, 0.717) is 29.3 Å². The molecule has 3 fully saturated rings. The minimum Gasteiger partial charge on any atom is -0.507 e. The second-order valence-corrected chi connectivity index (χ2v) is 14.4. The molecule has 6 rings (SSSR count). The molecule has 44 heavy (non-hydrogen) atoms. The first-order valence-corrected chi connectivity index (χ1v) is 16.8. The average Bonchev–Trinajstić information content (AvgIpc) is 3.00. The predicted molar refractivity (Wildman–Crippen MR) is 174 cm³/mol. The number of nitrogens with one attached hydrogen (secondary N) is 1. The quantitative estimate of drug-likeness (QED) is 0.477. The summed E-state index contributed by atoms with van der Waals surface area (Å²) in [6.45, 7) is 17.4. The van der Waals surface area contributed by atoms with E-state index in [1.54, 1.807) is 6.07 Å². The van der Waals surface area contributed by atoms with Gasteiger partial charge in [-0.3, -0.25) is 4.90 Å². The van der Waals surface area contributed by atoms with E-state index in [0.717, 1.165) is 69.5 Å². The molecule has 1 aromatic heterocycles. The number of aromatic nitrogens is 2. The van der Waals surface area contributed by atoms with Crippen LogP contribution in [0.2, 0.25) is 0 Å². The van der Waals surface area contributed by atoms with Crippen molar-refractivity contribution in [1.82, 2.24) is 24.9 Å². The fourth-order valence-corrected chi connectivity index (χ4v) is 7.73. The first-order chi connectivity index (χ1) is 21.1. The Hall–Kier alpha value is -3.11. The highest BCUT2D eigenvalue weighted by molar-refractivity contribution is 5.76. The number of fused-ring (bicyclic) bond motifs is 3. The number of carbonyl (C=O) groups excluding carboxylic acids is 1. The van der Waals surface area contributed by atoms with E-state index in [1.807, 2.05) is 43.9 Å². The van der Waals surface area contributed by atoms with Crippen LogP contribution < -0.4 is 10.2 Å². The third-order valence-electron chi connectivity index (χ3n) is 10.0. The molecule has 4 aliphatic rings. The number of piperidine rings is 2. The van der Waals surface area contributed by atoms with Gasteiger partial charge in [-0.05, 0) is 96.0 Å². The Balaban J connectivity index is 0.951. The first-order valence-electron chi connectivity index (χ1n) is 16.8. The molecule has 5 heterocycles. The van der Waals surface area contributed by atoms with Crippen LogP contribution in [0.5, 0.6) is 5.75 Å². The van der Waals surface area contributed by atoms with E-state index < -0.39 is 5.60 Å². The molecule has 3 atom stereocenters. The SMILES string of the molecule is CC1CN(CCCC2CCN(C(=O)OC(C)(C)C)CC2)CCC1N1CCN2c3cc(-c4ccccc4O)nnc3NC[C@H]2C1. The van der Waals surface area contributed by atoms with E-state index in [4.69, 9.17) is 4.74 Å². The number of hydrogen-bond donors (Lipinski definition) is 2. The predicted octanol–water partition coefficient (Wildman–Crippen LogP) is 4.90. The second-order valence-electron chi connectivity index (χ2n) is 14.4. The van der Waals surface area contributed by atoms with Crippen LogP contribution in [0.4, 0.5) is 16.3 Å². The van der Waals surface area contributed by atoms with Crippen molar-refractivity contribution >= 4 is 17.6 Å².